The van der Waals surface area contributed by atoms with Crippen LogP contribution >= 0.6 is 23.1 Å². The van der Waals surface area contributed by atoms with Crippen molar-refractivity contribution in [3.05, 3.63) is 10.4 Å². The number of rotatable bonds is 3. The fourth-order valence-electron chi connectivity index (χ4n) is 2.47. The second kappa shape index (κ2) is 5.69. The van der Waals surface area contributed by atoms with E-state index in [1.807, 2.05) is 42.9 Å². The third-order valence-electron chi connectivity index (χ3n) is 3.37. The summed E-state index contributed by atoms with van der Waals surface area (Å²) in [5.74, 6) is 0.826. The predicted molar refractivity (Wildman–Crippen MR) is 87.7 cm³/mol. The van der Waals surface area contributed by atoms with Gasteiger partial charge in [0.2, 0.25) is 0 Å². The van der Waals surface area contributed by atoms with Crippen LogP contribution in [0.2, 0.25) is 0 Å². The van der Waals surface area contributed by atoms with Crippen LogP contribution in [-0.2, 0) is 12.8 Å². The van der Waals surface area contributed by atoms with E-state index in [0.29, 0.717) is 0 Å². The Kier molecular flexibility index (Phi) is 3.94. The largest absolute Gasteiger partial charge is 0.369 e. The molecule has 2 heterocycles. The lowest BCUT2D eigenvalue weighted by atomic mass is 9.97. The number of aromatic nitrogens is 2. The van der Waals surface area contributed by atoms with Crippen molar-refractivity contribution in [1.29, 1.82) is 0 Å². The molecule has 1 aliphatic carbocycles. The van der Waals surface area contributed by atoms with Crippen LogP contribution in [0.4, 0.5) is 5.82 Å². The molecule has 0 atom stereocenters. The number of thiophene rings is 1. The molecular formula is C14H18N4S2. The van der Waals surface area contributed by atoms with Gasteiger partial charge in [-0.15, -0.1) is 11.3 Å². The topological polar surface area (TPSA) is 41.4 Å². The van der Waals surface area contributed by atoms with Crippen molar-refractivity contribution >= 4 is 45.5 Å². The van der Waals surface area contributed by atoms with Gasteiger partial charge in [0.05, 0.1) is 11.7 Å². The van der Waals surface area contributed by atoms with Crippen molar-refractivity contribution in [2.45, 2.75) is 30.8 Å². The van der Waals surface area contributed by atoms with Gasteiger partial charge < -0.3 is 4.90 Å². The Labute approximate surface area is 127 Å². The summed E-state index contributed by atoms with van der Waals surface area (Å²) in [5, 5.41) is 1.99. The second-order valence-corrected chi connectivity index (χ2v) is 6.99. The van der Waals surface area contributed by atoms with Gasteiger partial charge >= 0.3 is 0 Å². The van der Waals surface area contributed by atoms with E-state index >= 15 is 0 Å². The lowest BCUT2D eigenvalue weighted by Crippen LogP contribution is -2.07. The van der Waals surface area contributed by atoms with E-state index in [9.17, 15) is 0 Å². The zero-order valence-electron chi connectivity index (χ0n) is 12.0. The molecule has 0 bridgehead atoms. The van der Waals surface area contributed by atoms with E-state index in [-0.39, 0.29) is 0 Å². The Hall–Kier alpha value is -1.14. The van der Waals surface area contributed by atoms with Crippen LogP contribution in [0, 0.1) is 0 Å². The maximum absolute atomic E-state index is 4.67. The third kappa shape index (κ3) is 2.54. The molecule has 1 aliphatic rings. The van der Waals surface area contributed by atoms with E-state index in [1.165, 1.54) is 35.1 Å². The molecule has 2 aromatic heterocycles. The summed E-state index contributed by atoms with van der Waals surface area (Å²) in [7, 11) is 3.95. The lowest BCUT2D eigenvalue weighted by molar-refractivity contribution is 0.643. The minimum atomic E-state index is 0.807. The van der Waals surface area contributed by atoms with E-state index < -0.39 is 0 Å². The van der Waals surface area contributed by atoms with Crippen molar-refractivity contribution in [3.8, 4) is 0 Å². The molecule has 4 nitrogen and oxygen atoms in total. The van der Waals surface area contributed by atoms with Gasteiger partial charge in [0.25, 0.3) is 0 Å². The molecule has 6 heteroatoms. The molecule has 0 saturated carbocycles. The SMILES string of the molecule is CSc1nc(/N=C/N(C)C)c2c3c(sc2n1)CCCC3. The number of thioether (sulfide) groups is 1. The molecule has 106 valence electrons. The second-order valence-electron chi connectivity index (χ2n) is 5.13. The quantitative estimate of drug-likeness (QED) is 0.376. The first-order chi connectivity index (χ1) is 9.69. The lowest BCUT2D eigenvalue weighted by Gasteiger charge is -2.11. The van der Waals surface area contributed by atoms with Crippen molar-refractivity contribution in [2.24, 2.45) is 4.99 Å². The molecule has 0 fully saturated rings. The third-order valence-corrected chi connectivity index (χ3v) is 5.10. The first-order valence-electron chi connectivity index (χ1n) is 6.76. The Morgan fingerprint density at radius 3 is 2.80 bits per heavy atom. The van der Waals surface area contributed by atoms with Gasteiger partial charge in [-0.05, 0) is 37.5 Å². The van der Waals surface area contributed by atoms with E-state index in [2.05, 4.69) is 15.0 Å². The highest BCUT2D eigenvalue weighted by molar-refractivity contribution is 7.98. The van der Waals surface area contributed by atoms with Crippen molar-refractivity contribution in [1.82, 2.24) is 14.9 Å². The van der Waals surface area contributed by atoms with Gasteiger partial charge in [0.1, 0.15) is 4.83 Å². The Morgan fingerprint density at radius 2 is 2.05 bits per heavy atom. The molecule has 0 radical (unpaired) electrons. The number of hydrogen-bond acceptors (Lipinski definition) is 5. The zero-order chi connectivity index (χ0) is 14.1. The first kappa shape index (κ1) is 13.8. The normalized spacial score (nSPS) is 14.9. The highest BCUT2D eigenvalue weighted by Crippen LogP contribution is 2.40. The van der Waals surface area contributed by atoms with E-state index in [1.54, 1.807) is 11.8 Å². The van der Waals surface area contributed by atoms with Crippen molar-refractivity contribution in [2.75, 3.05) is 20.4 Å². The van der Waals surface area contributed by atoms with Crippen molar-refractivity contribution in [3.63, 3.8) is 0 Å². The fourth-order valence-corrected chi connectivity index (χ4v) is 4.15. The molecule has 0 N–H and O–H groups in total. The van der Waals surface area contributed by atoms with Crippen LogP contribution in [-0.4, -0.2) is 41.6 Å². The molecule has 0 spiro atoms. The number of aliphatic imine (C=N–C) groups is 1. The Morgan fingerprint density at radius 1 is 1.25 bits per heavy atom. The Bertz CT molecular complexity index is 661. The molecule has 0 aromatic carbocycles. The highest BCUT2D eigenvalue weighted by atomic mass is 32.2. The standard InChI is InChI=1S/C14H18N4S2/c1-18(2)8-15-12-11-9-6-4-5-7-10(9)20-13(11)17-14(16-12)19-3/h8H,4-7H2,1-3H3/b15-8+. The smallest absolute Gasteiger partial charge is 0.190 e. The summed E-state index contributed by atoms with van der Waals surface area (Å²) in [6.07, 6.45) is 8.70. The predicted octanol–water partition coefficient (Wildman–Crippen LogP) is 3.51. The van der Waals surface area contributed by atoms with E-state index in [0.717, 1.165) is 22.2 Å². The van der Waals surface area contributed by atoms with Gasteiger partial charge in [-0.1, -0.05) is 11.8 Å². The molecule has 2 aromatic rings. The number of nitrogens with zero attached hydrogens (tertiary/aromatic N) is 4. The molecular weight excluding hydrogens is 288 g/mol. The summed E-state index contributed by atoms with van der Waals surface area (Å²) >= 11 is 3.40. The molecule has 0 unspecified atom stereocenters. The number of fused-ring (bicyclic) bond motifs is 3. The van der Waals surface area contributed by atoms with Crippen LogP contribution in [0.3, 0.4) is 0 Å². The van der Waals surface area contributed by atoms with Crippen LogP contribution < -0.4 is 0 Å². The van der Waals surface area contributed by atoms with Crippen molar-refractivity contribution < 1.29 is 0 Å². The van der Waals surface area contributed by atoms with Crippen LogP contribution in [0.25, 0.3) is 10.2 Å². The molecule has 3 rings (SSSR count). The summed E-state index contributed by atoms with van der Waals surface area (Å²) < 4.78 is 0. The van der Waals surface area contributed by atoms with Gasteiger partial charge in [0.15, 0.2) is 11.0 Å². The number of aryl methyl sites for hydroxylation is 2. The van der Waals surface area contributed by atoms with E-state index in [4.69, 9.17) is 0 Å². The summed E-state index contributed by atoms with van der Waals surface area (Å²) in [5.41, 5.74) is 1.44. The van der Waals surface area contributed by atoms with Crippen LogP contribution in [0.1, 0.15) is 23.3 Å². The zero-order valence-corrected chi connectivity index (χ0v) is 13.6. The van der Waals surface area contributed by atoms with Crippen LogP contribution in [0.15, 0.2) is 10.1 Å². The van der Waals surface area contributed by atoms with Gasteiger partial charge in [-0.2, -0.15) is 0 Å². The van der Waals surface area contributed by atoms with Gasteiger partial charge in [-0.25, -0.2) is 15.0 Å². The highest BCUT2D eigenvalue weighted by Gasteiger charge is 2.20. The average Bonchev–Trinajstić information content (AvgIpc) is 2.82. The van der Waals surface area contributed by atoms with Crippen LogP contribution in [0.5, 0.6) is 0 Å². The minimum Gasteiger partial charge on any atom is -0.369 e. The maximum atomic E-state index is 4.67. The van der Waals surface area contributed by atoms with Gasteiger partial charge in [-0.3, -0.25) is 0 Å². The first-order valence-corrected chi connectivity index (χ1v) is 8.80. The summed E-state index contributed by atoms with van der Waals surface area (Å²) in [6.45, 7) is 0. The monoisotopic (exact) mass is 306 g/mol. The summed E-state index contributed by atoms with van der Waals surface area (Å²) in [6, 6.07) is 0. The number of hydrogen-bond donors (Lipinski definition) is 0. The maximum Gasteiger partial charge on any atom is 0.190 e. The average molecular weight is 306 g/mol. The molecule has 0 aliphatic heterocycles. The molecule has 0 saturated heterocycles. The molecule has 0 amide bonds. The minimum absolute atomic E-state index is 0.807. The summed E-state index contributed by atoms with van der Waals surface area (Å²) in [4.78, 5) is 18.4. The van der Waals surface area contributed by atoms with Gasteiger partial charge in [0, 0.05) is 19.0 Å². The Balaban J connectivity index is 2.21. The fraction of sp³-hybridized carbons (Fsp3) is 0.500. The molecule has 20 heavy (non-hydrogen) atoms.